The predicted octanol–water partition coefficient (Wildman–Crippen LogP) is 3.03. The van der Waals surface area contributed by atoms with Crippen LogP contribution in [0.25, 0.3) is 0 Å². The Hall–Kier alpha value is -1.85. The summed E-state index contributed by atoms with van der Waals surface area (Å²) in [5, 5.41) is 11.5. The highest BCUT2D eigenvalue weighted by Crippen LogP contribution is 2.41. The maximum Gasteiger partial charge on any atom is 0.291 e. The van der Waals surface area contributed by atoms with Crippen LogP contribution in [0.1, 0.15) is 47.0 Å². The highest BCUT2D eigenvalue weighted by Gasteiger charge is 2.41. The fourth-order valence-electron chi connectivity index (χ4n) is 3.41. The molecule has 5 nitrogen and oxygen atoms in total. The maximum absolute atomic E-state index is 12.7. The third kappa shape index (κ3) is 3.06. The van der Waals surface area contributed by atoms with Gasteiger partial charge in [-0.2, -0.15) is 0 Å². The molecule has 2 heterocycles. The lowest BCUT2D eigenvalue weighted by Crippen LogP contribution is -2.37. The van der Waals surface area contributed by atoms with E-state index in [0.717, 1.165) is 24.1 Å². The van der Waals surface area contributed by atoms with Gasteiger partial charge in [0.05, 0.1) is 17.8 Å². The smallest absolute Gasteiger partial charge is 0.291 e. The van der Waals surface area contributed by atoms with E-state index in [-0.39, 0.29) is 5.91 Å². The molecule has 4 rings (SSSR count). The number of nitrogens with zero attached hydrogens (tertiary/aromatic N) is 2. The number of aromatic nitrogens is 1. The minimum Gasteiger partial charge on any atom is -0.438 e. The number of likely N-dealkylation sites (tertiary alicyclic amines) is 1. The minimum absolute atomic E-state index is 0.170. The summed E-state index contributed by atoms with van der Waals surface area (Å²) in [6.07, 6.45) is 4.48. The van der Waals surface area contributed by atoms with Crippen LogP contribution in [0.2, 0.25) is 5.02 Å². The van der Waals surface area contributed by atoms with Gasteiger partial charge < -0.3 is 14.4 Å². The van der Waals surface area contributed by atoms with Crippen molar-refractivity contribution < 1.29 is 14.3 Å². The van der Waals surface area contributed by atoms with E-state index in [9.17, 15) is 9.90 Å². The number of hydrogen-bond acceptors (Lipinski definition) is 4. The molecular weight excluding hydrogens is 328 g/mol. The highest BCUT2D eigenvalue weighted by molar-refractivity contribution is 6.30. The second kappa shape index (κ2) is 5.90. The van der Waals surface area contributed by atoms with Gasteiger partial charge >= 0.3 is 0 Å². The number of halogens is 1. The Labute approximate surface area is 145 Å². The minimum atomic E-state index is -0.930. The molecule has 1 aromatic carbocycles. The lowest BCUT2D eigenvalue weighted by Gasteiger charge is -2.23. The Morgan fingerprint density at radius 2 is 2.29 bits per heavy atom. The summed E-state index contributed by atoms with van der Waals surface area (Å²) in [6.45, 7) is 0.809. The number of β-amino-alcohol motifs (C(OH)–C–C–N with tert-alkyl or cyclic N) is 1. The van der Waals surface area contributed by atoms with Gasteiger partial charge in [0.15, 0.2) is 6.39 Å². The zero-order valence-electron chi connectivity index (χ0n) is 13.2. The number of amides is 1. The number of oxazole rings is 1. The second-order valence-electron chi connectivity index (χ2n) is 6.85. The molecular formula is C18H19ClN2O3. The van der Waals surface area contributed by atoms with Crippen LogP contribution in [0, 0.1) is 0 Å². The fourth-order valence-corrected chi connectivity index (χ4v) is 3.62. The van der Waals surface area contributed by atoms with Crippen molar-refractivity contribution >= 4 is 17.5 Å². The molecule has 0 bridgehead atoms. The van der Waals surface area contributed by atoms with Gasteiger partial charge in [-0.25, -0.2) is 4.98 Å². The zero-order valence-corrected chi connectivity index (χ0v) is 14.0. The number of hydrogen-bond donors (Lipinski definition) is 1. The molecule has 2 aliphatic rings. The first-order chi connectivity index (χ1) is 11.5. The number of carbonyl (C=O) groups is 1. The summed E-state index contributed by atoms with van der Waals surface area (Å²) >= 11 is 6.01. The van der Waals surface area contributed by atoms with Crippen molar-refractivity contribution in [3.63, 3.8) is 0 Å². The van der Waals surface area contributed by atoms with Crippen molar-refractivity contribution in [2.45, 2.75) is 37.2 Å². The summed E-state index contributed by atoms with van der Waals surface area (Å²) in [5.41, 5.74) is 0.808. The van der Waals surface area contributed by atoms with Gasteiger partial charge in [-0.3, -0.25) is 4.79 Å². The van der Waals surface area contributed by atoms with Crippen LogP contribution in [0.3, 0.4) is 0 Å². The van der Waals surface area contributed by atoms with Gasteiger partial charge in [0, 0.05) is 23.9 Å². The predicted molar refractivity (Wildman–Crippen MR) is 89.1 cm³/mol. The molecule has 1 aliphatic carbocycles. The summed E-state index contributed by atoms with van der Waals surface area (Å²) in [5.74, 6) is 0.525. The third-order valence-corrected chi connectivity index (χ3v) is 5.03. The van der Waals surface area contributed by atoms with Crippen LogP contribution in [-0.4, -0.2) is 39.6 Å². The summed E-state index contributed by atoms with van der Waals surface area (Å²) in [6, 6.07) is 7.47. The molecule has 1 aromatic heterocycles. The summed E-state index contributed by atoms with van der Waals surface area (Å²) in [7, 11) is 0. The average Bonchev–Trinajstić information content (AvgIpc) is 3.14. The molecule has 126 valence electrons. The first-order valence-electron chi connectivity index (χ1n) is 8.24. The van der Waals surface area contributed by atoms with Crippen molar-refractivity contribution in [2.24, 2.45) is 0 Å². The molecule has 0 spiro atoms. The molecule has 1 N–H and O–H groups in total. The van der Waals surface area contributed by atoms with Crippen LogP contribution in [-0.2, 0) is 6.42 Å². The van der Waals surface area contributed by atoms with Gasteiger partial charge in [0.25, 0.3) is 5.91 Å². The summed E-state index contributed by atoms with van der Waals surface area (Å²) < 4.78 is 5.34. The van der Waals surface area contributed by atoms with Crippen molar-refractivity contribution in [1.82, 2.24) is 9.88 Å². The Morgan fingerprint density at radius 1 is 1.46 bits per heavy atom. The van der Waals surface area contributed by atoms with Gasteiger partial charge in [-0.1, -0.05) is 23.7 Å². The van der Waals surface area contributed by atoms with Crippen LogP contribution in [0.5, 0.6) is 0 Å². The van der Waals surface area contributed by atoms with Crippen molar-refractivity contribution in [3.05, 3.63) is 52.7 Å². The van der Waals surface area contributed by atoms with E-state index in [1.807, 2.05) is 24.3 Å². The monoisotopic (exact) mass is 346 g/mol. The average molecular weight is 347 g/mol. The van der Waals surface area contributed by atoms with E-state index in [1.165, 1.54) is 6.39 Å². The van der Waals surface area contributed by atoms with E-state index in [4.69, 9.17) is 16.0 Å². The first-order valence-corrected chi connectivity index (χ1v) is 8.61. The normalized spacial score (nSPS) is 23.7. The number of aliphatic hydroxyl groups is 1. The van der Waals surface area contributed by atoms with Crippen LogP contribution < -0.4 is 0 Å². The van der Waals surface area contributed by atoms with E-state index in [1.54, 1.807) is 4.90 Å². The fraction of sp³-hybridized carbons (Fsp3) is 0.444. The van der Waals surface area contributed by atoms with Crippen LogP contribution in [0.15, 0.2) is 35.1 Å². The molecule has 2 aromatic rings. The first kappa shape index (κ1) is 15.7. The Morgan fingerprint density at radius 3 is 3.04 bits per heavy atom. The van der Waals surface area contributed by atoms with Crippen molar-refractivity contribution in [3.8, 4) is 0 Å². The number of rotatable bonds is 4. The van der Waals surface area contributed by atoms with Gasteiger partial charge in [-0.15, -0.1) is 0 Å². The van der Waals surface area contributed by atoms with E-state index >= 15 is 0 Å². The quantitative estimate of drug-likeness (QED) is 0.924. The van der Waals surface area contributed by atoms with Crippen molar-refractivity contribution in [2.75, 3.05) is 13.1 Å². The van der Waals surface area contributed by atoms with Gasteiger partial charge in [0.2, 0.25) is 5.76 Å². The van der Waals surface area contributed by atoms with E-state index in [0.29, 0.717) is 42.6 Å². The second-order valence-corrected chi connectivity index (χ2v) is 7.29. The van der Waals surface area contributed by atoms with Gasteiger partial charge in [0.1, 0.15) is 0 Å². The zero-order chi connectivity index (χ0) is 16.7. The Bertz CT molecular complexity index is 771. The topological polar surface area (TPSA) is 66.6 Å². The molecule has 1 saturated heterocycles. The molecule has 1 atom stereocenters. The largest absolute Gasteiger partial charge is 0.438 e. The molecule has 1 amide bonds. The van der Waals surface area contributed by atoms with E-state index in [2.05, 4.69) is 4.98 Å². The van der Waals surface area contributed by atoms with Gasteiger partial charge in [-0.05, 0) is 37.0 Å². The molecule has 1 aliphatic heterocycles. The Kier molecular flexibility index (Phi) is 3.85. The maximum atomic E-state index is 12.7. The molecule has 1 unspecified atom stereocenters. The Balaban J connectivity index is 1.47. The van der Waals surface area contributed by atoms with Crippen LogP contribution in [0.4, 0.5) is 0 Å². The lowest BCUT2D eigenvalue weighted by atomic mass is 9.94. The lowest BCUT2D eigenvalue weighted by molar-refractivity contribution is 0.0434. The third-order valence-electron chi connectivity index (χ3n) is 4.79. The molecule has 6 heteroatoms. The highest BCUT2D eigenvalue weighted by atomic mass is 35.5. The molecule has 24 heavy (non-hydrogen) atoms. The van der Waals surface area contributed by atoms with E-state index < -0.39 is 5.60 Å². The molecule has 1 saturated carbocycles. The molecule has 0 radical (unpaired) electrons. The SMILES string of the molecule is O=C(c1ocnc1C1CC1)N1CCC(O)(Cc2cccc(Cl)c2)C1. The molecule has 2 fully saturated rings. The number of benzene rings is 1. The summed E-state index contributed by atoms with van der Waals surface area (Å²) in [4.78, 5) is 18.6. The number of carbonyl (C=O) groups excluding carboxylic acids is 1. The van der Waals surface area contributed by atoms with Crippen molar-refractivity contribution in [1.29, 1.82) is 0 Å². The van der Waals surface area contributed by atoms with Crippen LogP contribution >= 0.6 is 11.6 Å². The standard InChI is InChI=1S/C18H19ClN2O3/c19-14-3-1-2-12(8-14)9-18(23)6-7-21(10-18)17(22)16-15(13-4-5-13)20-11-24-16/h1-3,8,11,13,23H,4-7,9-10H2.